The van der Waals surface area contributed by atoms with Crippen LogP contribution in [0.3, 0.4) is 0 Å². The van der Waals surface area contributed by atoms with Gasteiger partial charge in [0.2, 0.25) is 0 Å². The average molecular weight is 555 g/mol. The van der Waals surface area contributed by atoms with Gasteiger partial charge < -0.3 is 9.80 Å². The van der Waals surface area contributed by atoms with Gasteiger partial charge >= 0.3 is 0 Å². The number of amides is 2. The number of hydrogen-bond acceptors (Lipinski definition) is 3. The largest absolute Gasteiger partial charge is 0.339 e. The molecule has 0 bridgehead atoms. The number of halogens is 1. The highest BCUT2D eigenvalue weighted by atomic mass is 35.5. The lowest BCUT2D eigenvalue weighted by atomic mass is 9.84. The molecule has 2 fully saturated rings. The molecule has 3 aromatic rings. The van der Waals surface area contributed by atoms with Crippen molar-refractivity contribution in [3.8, 4) is 5.69 Å². The second-order valence-electron chi connectivity index (χ2n) is 11.2. The van der Waals surface area contributed by atoms with Crippen LogP contribution in [-0.2, 0) is 0 Å². The molecule has 7 heteroatoms. The van der Waals surface area contributed by atoms with E-state index in [1.54, 1.807) is 6.20 Å². The first-order valence-electron chi connectivity index (χ1n) is 14.3. The zero-order chi connectivity index (χ0) is 27.6. The molecule has 0 radical (unpaired) electrons. The van der Waals surface area contributed by atoms with Gasteiger partial charge in [-0.25, -0.2) is 4.68 Å². The molecule has 6 nitrogen and oxygen atoms in total. The van der Waals surface area contributed by atoms with Crippen molar-refractivity contribution in [1.82, 2.24) is 19.6 Å². The lowest BCUT2D eigenvalue weighted by molar-refractivity contribution is 0.0706. The van der Waals surface area contributed by atoms with Crippen LogP contribution in [0.25, 0.3) is 5.69 Å². The summed E-state index contributed by atoms with van der Waals surface area (Å²) in [7, 11) is 0. The number of allylic oxidation sites excluding steroid dienone is 3. The van der Waals surface area contributed by atoms with Gasteiger partial charge in [-0.2, -0.15) is 5.10 Å². The Bertz CT molecular complexity index is 1430. The zero-order valence-corrected chi connectivity index (χ0v) is 23.6. The Hall–Kier alpha value is -3.64. The minimum absolute atomic E-state index is 0.0557. The van der Waals surface area contributed by atoms with Crippen molar-refractivity contribution in [2.45, 2.75) is 38.5 Å². The second kappa shape index (κ2) is 11.5. The molecule has 2 saturated heterocycles. The van der Waals surface area contributed by atoms with E-state index in [4.69, 9.17) is 16.7 Å². The van der Waals surface area contributed by atoms with Gasteiger partial charge in [0.05, 0.1) is 23.1 Å². The smallest absolute Gasteiger partial charge is 0.257 e. The Kier molecular flexibility index (Phi) is 7.61. The Balaban J connectivity index is 1.25. The Morgan fingerprint density at radius 3 is 2.30 bits per heavy atom. The molecule has 40 heavy (non-hydrogen) atoms. The third-order valence-electron chi connectivity index (χ3n) is 8.73. The molecule has 1 unspecified atom stereocenters. The van der Waals surface area contributed by atoms with Gasteiger partial charge in [0.25, 0.3) is 11.8 Å². The van der Waals surface area contributed by atoms with Crippen LogP contribution in [0.4, 0.5) is 0 Å². The number of aromatic nitrogens is 2. The first-order chi connectivity index (χ1) is 19.5. The molecular formula is C33H35ClN4O2. The summed E-state index contributed by atoms with van der Waals surface area (Å²) < 4.78 is 1.91. The van der Waals surface area contributed by atoms with Crippen LogP contribution >= 0.6 is 11.6 Å². The molecule has 0 N–H and O–H groups in total. The maximum Gasteiger partial charge on any atom is 0.257 e. The Labute approximate surface area is 240 Å². The molecule has 1 aromatic heterocycles. The summed E-state index contributed by atoms with van der Waals surface area (Å²) in [5.41, 5.74) is 4.67. The number of carbonyl (C=O) groups is 2. The van der Waals surface area contributed by atoms with Crippen molar-refractivity contribution in [2.24, 2.45) is 11.8 Å². The quantitative estimate of drug-likeness (QED) is 0.360. The van der Waals surface area contributed by atoms with Crippen molar-refractivity contribution >= 4 is 23.4 Å². The molecule has 2 aromatic carbocycles. The molecule has 2 atom stereocenters. The highest BCUT2D eigenvalue weighted by Crippen LogP contribution is 2.36. The first-order valence-corrected chi connectivity index (χ1v) is 14.7. The predicted octanol–water partition coefficient (Wildman–Crippen LogP) is 6.53. The molecule has 0 spiro atoms. The van der Waals surface area contributed by atoms with E-state index in [9.17, 15) is 9.59 Å². The van der Waals surface area contributed by atoms with E-state index in [0.29, 0.717) is 41.1 Å². The van der Waals surface area contributed by atoms with Crippen molar-refractivity contribution < 1.29 is 9.59 Å². The SMILES string of the molecule is CC1CC=CC=C1[C@H]1CCN(C(=O)c2cnn(-c3ccc(Cl)cc3)c2C2CCN(C(=O)c3ccccc3)CC2)C1. The van der Waals surface area contributed by atoms with Crippen LogP contribution in [0.15, 0.2) is 84.6 Å². The van der Waals surface area contributed by atoms with Crippen molar-refractivity contribution in [3.63, 3.8) is 0 Å². The molecule has 2 amide bonds. The fraction of sp³-hybridized carbons (Fsp3) is 0.364. The predicted molar refractivity (Wildman–Crippen MR) is 158 cm³/mol. The van der Waals surface area contributed by atoms with Gasteiger partial charge in [-0.1, -0.05) is 60.5 Å². The van der Waals surface area contributed by atoms with E-state index in [2.05, 4.69) is 25.2 Å². The van der Waals surface area contributed by atoms with Crippen molar-refractivity contribution in [1.29, 1.82) is 0 Å². The van der Waals surface area contributed by atoms with E-state index in [1.165, 1.54) is 5.57 Å². The number of hydrogen-bond donors (Lipinski definition) is 0. The van der Waals surface area contributed by atoms with Crippen molar-refractivity contribution in [2.75, 3.05) is 26.2 Å². The number of rotatable bonds is 5. The molecule has 0 saturated carbocycles. The zero-order valence-electron chi connectivity index (χ0n) is 22.9. The van der Waals surface area contributed by atoms with Gasteiger partial charge in [-0.15, -0.1) is 0 Å². The molecule has 206 valence electrons. The van der Waals surface area contributed by atoms with Gasteiger partial charge in [0.15, 0.2) is 0 Å². The monoisotopic (exact) mass is 554 g/mol. The van der Waals surface area contributed by atoms with Gasteiger partial charge in [-0.3, -0.25) is 9.59 Å². The summed E-state index contributed by atoms with van der Waals surface area (Å²) >= 11 is 6.18. The second-order valence-corrected chi connectivity index (χ2v) is 11.7. The maximum absolute atomic E-state index is 14.0. The number of likely N-dealkylation sites (tertiary alicyclic amines) is 2. The lowest BCUT2D eigenvalue weighted by Crippen LogP contribution is -2.38. The summed E-state index contributed by atoms with van der Waals surface area (Å²) in [5, 5.41) is 5.39. The van der Waals surface area contributed by atoms with E-state index in [-0.39, 0.29) is 17.7 Å². The van der Waals surface area contributed by atoms with E-state index >= 15 is 0 Å². The number of carbonyl (C=O) groups excluding carboxylic acids is 2. The number of piperidine rings is 1. The molecule has 6 rings (SSSR count). The highest BCUT2D eigenvalue weighted by Gasteiger charge is 2.35. The average Bonchev–Trinajstić information content (AvgIpc) is 3.66. The Morgan fingerprint density at radius 1 is 0.875 bits per heavy atom. The highest BCUT2D eigenvalue weighted by molar-refractivity contribution is 6.30. The fourth-order valence-corrected chi connectivity index (χ4v) is 6.64. The molecular weight excluding hydrogens is 520 g/mol. The van der Waals surface area contributed by atoms with Crippen LogP contribution in [0.2, 0.25) is 5.02 Å². The van der Waals surface area contributed by atoms with Gasteiger partial charge in [0.1, 0.15) is 0 Å². The number of benzene rings is 2. The van der Waals surface area contributed by atoms with E-state index < -0.39 is 0 Å². The van der Waals surface area contributed by atoms with E-state index in [1.807, 2.05) is 69.1 Å². The van der Waals surface area contributed by atoms with E-state index in [0.717, 1.165) is 50.2 Å². The lowest BCUT2D eigenvalue weighted by Gasteiger charge is -2.33. The normalized spacial score (nSPS) is 21.5. The van der Waals surface area contributed by atoms with Crippen LogP contribution in [0.5, 0.6) is 0 Å². The van der Waals surface area contributed by atoms with Crippen LogP contribution < -0.4 is 0 Å². The van der Waals surface area contributed by atoms with Crippen LogP contribution in [0.1, 0.15) is 64.9 Å². The summed E-state index contributed by atoms with van der Waals surface area (Å²) in [6.45, 7) is 5.07. The maximum atomic E-state index is 14.0. The summed E-state index contributed by atoms with van der Waals surface area (Å²) in [6, 6.07) is 17.0. The molecule has 3 aliphatic rings. The standard InChI is InChI=1S/C33H35ClN4O2/c1-23-7-5-6-10-29(23)26-17-20-37(22-26)33(40)30-21-35-38(28-13-11-27(34)12-14-28)31(30)24-15-18-36(19-16-24)32(39)25-8-3-2-4-9-25/h2-6,8-14,21,23-24,26H,7,15-20,22H2,1H3/t23?,26-/m0/s1. The fourth-order valence-electron chi connectivity index (χ4n) is 6.51. The first kappa shape index (κ1) is 26.6. The van der Waals surface area contributed by atoms with Crippen molar-refractivity contribution in [3.05, 3.63) is 106 Å². The minimum Gasteiger partial charge on any atom is -0.339 e. The summed E-state index contributed by atoms with van der Waals surface area (Å²) in [5.74, 6) is 1.16. The third-order valence-corrected chi connectivity index (χ3v) is 8.98. The van der Waals surface area contributed by atoms with Crippen LogP contribution in [0, 0.1) is 11.8 Å². The summed E-state index contributed by atoms with van der Waals surface area (Å²) in [4.78, 5) is 31.0. The van der Waals surface area contributed by atoms with Gasteiger partial charge in [0, 0.05) is 42.7 Å². The Morgan fingerprint density at radius 2 is 1.57 bits per heavy atom. The molecule has 3 heterocycles. The molecule has 2 aliphatic heterocycles. The third kappa shape index (κ3) is 5.25. The van der Waals surface area contributed by atoms with Gasteiger partial charge in [-0.05, 0) is 73.9 Å². The summed E-state index contributed by atoms with van der Waals surface area (Å²) in [6.07, 6.45) is 12.0. The topological polar surface area (TPSA) is 58.4 Å². The number of nitrogens with zero attached hydrogens (tertiary/aromatic N) is 4. The molecule has 1 aliphatic carbocycles. The van der Waals surface area contributed by atoms with Crippen LogP contribution in [-0.4, -0.2) is 57.6 Å². The minimum atomic E-state index is 0.0557.